The molecule has 0 heterocycles. The highest BCUT2D eigenvalue weighted by Gasteiger charge is 2.44. The first kappa shape index (κ1) is 17.0. The maximum Gasteiger partial charge on any atom is 0.416 e. The van der Waals surface area contributed by atoms with Crippen LogP contribution in [0.4, 0.5) is 18.9 Å². The van der Waals surface area contributed by atoms with Crippen LogP contribution in [0.15, 0.2) is 48.5 Å². The largest absolute Gasteiger partial charge is 0.416 e. The number of hydrogen-bond acceptors (Lipinski definition) is 2. The van der Waals surface area contributed by atoms with E-state index in [1.807, 2.05) is 0 Å². The first-order chi connectivity index (χ1) is 11.8. The lowest BCUT2D eigenvalue weighted by Crippen LogP contribution is -2.15. The van der Waals surface area contributed by atoms with Crippen LogP contribution in [0.5, 0.6) is 0 Å². The van der Waals surface area contributed by atoms with E-state index in [0.717, 1.165) is 17.7 Å². The number of halogens is 3. The van der Waals surface area contributed by atoms with E-state index in [9.17, 15) is 22.8 Å². The summed E-state index contributed by atoms with van der Waals surface area (Å²) in [7, 11) is 0. The molecule has 0 aromatic heterocycles. The zero-order valence-electron chi connectivity index (χ0n) is 13.0. The second-order valence-corrected chi connectivity index (χ2v) is 6.00. The van der Waals surface area contributed by atoms with Gasteiger partial charge in [-0.15, -0.1) is 0 Å². The van der Waals surface area contributed by atoms with Crippen molar-refractivity contribution in [3.05, 3.63) is 65.2 Å². The number of nitrogens with two attached hydrogens (primary N) is 1. The molecule has 3 rings (SSSR count). The van der Waals surface area contributed by atoms with E-state index in [4.69, 9.17) is 5.73 Å². The average molecular weight is 348 g/mol. The molecule has 2 unspecified atom stereocenters. The normalized spacial score (nSPS) is 19.3. The van der Waals surface area contributed by atoms with Crippen molar-refractivity contribution >= 4 is 17.5 Å². The summed E-state index contributed by atoms with van der Waals surface area (Å²) in [4.78, 5) is 23.2. The fourth-order valence-corrected chi connectivity index (χ4v) is 2.73. The van der Waals surface area contributed by atoms with Crippen LogP contribution in [-0.2, 0) is 11.0 Å². The molecule has 2 aromatic rings. The number of primary amides is 1. The Bertz CT molecular complexity index is 799. The number of carbonyl (C=O) groups is 2. The number of amides is 2. The molecule has 4 nitrogen and oxygen atoms in total. The molecule has 2 atom stereocenters. The second-order valence-electron chi connectivity index (χ2n) is 6.00. The lowest BCUT2D eigenvalue weighted by atomic mass is 10.1. The Morgan fingerprint density at radius 2 is 1.60 bits per heavy atom. The van der Waals surface area contributed by atoms with Gasteiger partial charge in [0.05, 0.1) is 5.56 Å². The highest BCUT2D eigenvalue weighted by atomic mass is 19.4. The number of carbonyl (C=O) groups excluding carboxylic acids is 2. The van der Waals surface area contributed by atoms with Crippen LogP contribution in [0.25, 0.3) is 0 Å². The molecule has 0 radical (unpaired) electrons. The lowest BCUT2D eigenvalue weighted by Gasteiger charge is -2.08. The Balaban J connectivity index is 1.61. The highest BCUT2D eigenvalue weighted by Crippen LogP contribution is 2.48. The standard InChI is InChI=1S/C18H15F3N2O2/c19-18(20,21)12-5-1-10(2-6-12)14-9-15(14)17(25)23-13-7-3-11(4-8-13)16(22)24/h1-8,14-15H,9H2,(H2,22,24)(H,23,25). The number of nitrogens with one attached hydrogen (secondary N) is 1. The van der Waals surface area contributed by atoms with Gasteiger partial charge >= 0.3 is 6.18 Å². The SMILES string of the molecule is NC(=O)c1ccc(NC(=O)C2CC2c2ccc(C(F)(F)F)cc2)cc1. The second kappa shape index (κ2) is 6.23. The zero-order valence-corrected chi connectivity index (χ0v) is 13.0. The average Bonchev–Trinajstić information content (AvgIpc) is 3.35. The van der Waals surface area contributed by atoms with Crippen molar-refractivity contribution in [1.29, 1.82) is 0 Å². The van der Waals surface area contributed by atoms with Crippen molar-refractivity contribution in [2.24, 2.45) is 11.7 Å². The molecular formula is C18H15F3N2O2. The molecule has 25 heavy (non-hydrogen) atoms. The van der Waals surface area contributed by atoms with Crippen molar-refractivity contribution < 1.29 is 22.8 Å². The molecular weight excluding hydrogens is 333 g/mol. The van der Waals surface area contributed by atoms with Crippen LogP contribution in [0, 0.1) is 5.92 Å². The Morgan fingerprint density at radius 3 is 2.12 bits per heavy atom. The Kier molecular flexibility index (Phi) is 4.24. The molecule has 3 N–H and O–H groups in total. The van der Waals surface area contributed by atoms with Gasteiger partial charge in [0.25, 0.3) is 0 Å². The minimum absolute atomic E-state index is 0.0767. The van der Waals surface area contributed by atoms with Crippen molar-refractivity contribution in [3.8, 4) is 0 Å². The number of rotatable bonds is 4. The topological polar surface area (TPSA) is 72.2 Å². The lowest BCUT2D eigenvalue weighted by molar-refractivity contribution is -0.137. The maximum absolute atomic E-state index is 12.6. The van der Waals surface area contributed by atoms with Gasteiger partial charge in [-0.25, -0.2) is 0 Å². The smallest absolute Gasteiger partial charge is 0.366 e. The summed E-state index contributed by atoms with van der Waals surface area (Å²) in [5.74, 6) is -1.10. The number of alkyl halides is 3. The number of benzene rings is 2. The third kappa shape index (κ3) is 3.81. The molecule has 0 saturated heterocycles. The number of anilines is 1. The molecule has 130 valence electrons. The van der Waals surface area contributed by atoms with Crippen LogP contribution in [0.3, 0.4) is 0 Å². The van der Waals surface area contributed by atoms with E-state index in [1.165, 1.54) is 24.3 Å². The van der Waals surface area contributed by atoms with Crippen molar-refractivity contribution in [1.82, 2.24) is 0 Å². The molecule has 0 spiro atoms. The Labute approximate surface area is 141 Å². The Morgan fingerprint density at radius 1 is 1.00 bits per heavy atom. The molecule has 1 aliphatic rings. The maximum atomic E-state index is 12.6. The fourth-order valence-electron chi connectivity index (χ4n) is 2.73. The Hall–Kier alpha value is -2.83. The summed E-state index contributed by atoms with van der Waals surface area (Å²) in [6.45, 7) is 0. The molecule has 0 bridgehead atoms. The summed E-state index contributed by atoms with van der Waals surface area (Å²) in [5, 5.41) is 2.73. The summed E-state index contributed by atoms with van der Waals surface area (Å²) < 4.78 is 37.7. The van der Waals surface area contributed by atoms with Crippen LogP contribution in [0.1, 0.15) is 33.8 Å². The van der Waals surface area contributed by atoms with Gasteiger partial charge in [-0.1, -0.05) is 12.1 Å². The van der Waals surface area contributed by atoms with Crippen molar-refractivity contribution in [2.45, 2.75) is 18.5 Å². The molecule has 1 fully saturated rings. The molecule has 7 heteroatoms. The van der Waals surface area contributed by atoms with E-state index >= 15 is 0 Å². The first-order valence-electron chi connectivity index (χ1n) is 7.63. The summed E-state index contributed by atoms with van der Waals surface area (Å²) in [5.41, 5.74) is 6.04. The number of hydrogen-bond donors (Lipinski definition) is 2. The first-order valence-corrected chi connectivity index (χ1v) is 7.63. The van der Waals surface area contributed by atoms with Crippen molar-refractivity contribution in [2.75, 3.05) is 5.32 Å². The minimum atomic E-state index is -4.37. The van der Waals surface area contributed by atoms with E-state index in [2.05, 4.69) is 5.32 Å². The summed E-state index contributed by atoms with van der Waals surface area (Å²) in [6, 6.07) is 11.1. The highest BCUT2D eigenvalue weighted by molar-refractivity contribution is 5.96. The molecule has 0 aliphatic heterocycles. The van der Waals surface area contributed by atoms with E-state index in [0.29, 0.717) is 17.7 Å². The van der Waals surface area contributed by atoms with Gasteiger partial charge in [-0.05, 0) is 54.3 Å². The molecule has 1 aliphatic carbocycles. The minimum Gasteiger partial charge on any atom is -0.366 e. The van der Waals surface area contributed by atoms with E-state index in [-0.39, 0.29) is 17.7 Å². The van der Waals surface area contributed by atoms with Gasteiger partial charge in [0.15, 0.2) is 0 Å². The third-order valence-electron chi connectivity index (χ3n) is 4.23. The predicted molar refractivity (Wildman–Crippen MR) is 85.9 cm³/mol. The quantitative estimate of drug-likeness (QED) is 0.887. The van der Waals surface area contributed by atoms with Crippen LogP contribution < -0.4 is 11.1 Å². The van der Waals surface area contributed by atoms with Gasteiger partial charge in [-0.3, -0.25) is 9.59 Å². The van der Waals surface area contributed by atoms with Gasteiger partial charge in [-0.2, -0.15) is 13.2 Å². The van der Waals surface area contributed by atoms with Crippen molar-refractivity contribution in [3.63, 3.8) is 0 Å². The fraction of sp³-hybridized carbons (Fsp3) is 0.222. The van der Waals surface area contributed by atoms with Crippen LogP contribution in [0.2, 0.25) is 0 Å². The van der Waals surface area contributed by atoms with Crippen LogP contribution in [-0.4, -0.2) is 11.8 Å². The van der Waals surface area contributed by atoms with Gasteiger partial charge in [0.2, 0.25) is 11.8 Å². The predicted octanol–water partition coefficient (Wildman–Crippen LogP) is 3.55. The zero-order chi connectivity index (χ0) is 18.2. The monoisotopic (exact) mass is 348 g/mol. The van der Waals surface area contributed by atoms with E-state index in [1.54, 1.807) is 12.1 Å². The van der Waals surface area contributed by atoms with Gasteiger partial charge in [0, 0.05) is 17.2 Å². The molecule has 2 amide bonds. The van der Waals surface area contributed by atoms with Gasteiger partial charge < -0.3 is 11.1 Å². The van der Waals surface area contributed by atoms with E-state index < -0.39 is 17.6 Å². The summed E-state index contributed by atoms with van der Waals surface area (Å²) in [6.07, 6.45) is -3.77. The third-order valence-corrected chi connectivity index (χ3v) is 4.23. The summed E-state index contributed by atoms with van der Waals surface area (Å²) >= 11 is 0. The molecule has 1 saturated carbocycles. The van der Waals surface area contributed by atoms with Crippen LogP contribution >= 0.6 is 0 Å². The molecule has 2 aromatic carbocycles. The van der Waals surface area contributed by atoms with Gasteiger partial charge in [0.1, 0.15) is 0 Å².